The Morgan fingerprint density at radius 1 is 1.08 bits per heavy atom. The number of ether oxygens (including phenoxy) is 2. The zero-order valence-corrected chi connectivity index (χ0v) is 14.1. The van der Waals surface area contributed by atoms with Gasteiger partial charge in [0.25, 0.3) is 0 Å². The van der Waals surface area contributed by atoms with Gasteiger partial charge in [-0.05, 0) is 36.2 Å². The third-order valence-corrected chi connectivity index (χ3v) is 3.46. The molecule has 0 aromatic heterocycles. The summed E-state index contributed by atoms with van der Waals surface area (Å²) in [6.07, 6.45) is 0.532. The Morgan fingerprint density at radius 2 is 1.80 bits per heavy atom. The summed E-state index contributed by atoms with van der Waals surface area (Å²) >= 11 is 0. The minimum absolute atomic E-state index is 0.0649. The van der Waals surface area contributed by atoms with Gasteiger partial charge in [-0.25, -0.2) is 4.79 Å². The molecule has 0 heterocycles. The average Bonchev–Trinajstić information content (AvgIpc) is 2.61. The molecule has 1 unspecified atom stereocenters. The second-order valence-electron chi connectivity index (χ2n) is 5.53. The van der Waals surface area contributed by atoms with Crippen LogP contribution in [0.1, 0.15) is 25.3 Å². The van der Waals surface area contributed by atoms with E-state index < -0.39 is 18.0 Å². The van der Waals surface area contributed by atoms with Crippen molar-refractivity contribution >= 4 is 12.0 Å². The summed E-state index contributed by atoms with van der Waals surface area (Å²) in [4.78, 5) is 23.1. The lowest BCUT2D eigenvalue weighted by Gasteiger charge is -2.14. The number of nitrogens with two attached hydrogens (primary N) is 1. The number of hydrogen-bond acceptors (Lipinski definition) is 4. The molecule has 0 radical (unpaired) electrons. The minimum Gasteiger partial charge on any atom is -0.457 e. The fourth-order valence-electron chi connectivity index (χ4n) is 2.23. The molecule has 0 aliphatic heterocycles. The quantitative estimate of drug-likeness (QED) is 0.769. The van der Waals surface area contributed by atoms with Crippen LogP contribution in [-0.4, -0.2) is 18.0 Å². The third kappa shape index (κ3) is 6.18. The smallest absolute Gasteiger partial charge is 0.408 e. The molecule has 0 spiro atoms. The standard InChI is InChI=1S/C19H22N2O4/c1-2-7-17(18(20)22)21-19(23)24-13-14-8-6-11-16(12-14)25-15-9-4-3-5-10-15/h3-6,8-12,17H,2,7,13H2,1H3,(H2,20,22)(H,21,23). The number of alkyl carbamates (subject to hydrolysis) is 1. The molecule has 3 N–H and O–H groups in total. The highest BCUT2D eigenvalue weighted by molar-refractivity contribution is 5.84. The summed E-state index contributed by atoms with van der Waals surface area (Å²) in [6.45, 7) is 1.97. The minimum atomic E-state index is -0.717. The van der Waals surface area contributed by atoms with Crippen LogP contribution < -0.4 is 15.8 Å². The highest BCUT2D eigenvalue weighted by Crippen LogP contribution is 2.22. The number of primary amides is 1. The molecule has 2 aromatic carbocycles. The van der Waals surface area contributed by atoms with Gasteiger partial charge in [-0.1, -0.05) is 43.7 Å². The van der Waals surface area contributed by atoms with E-state index in [0.29, 0.717) is 12.2 Å². The van der Waals surface area contributed by atoms with Gasteiger partial charge < -0.3 is 20.5 Å². The molecule has 0 bridgehead atoms. The van der Waals surface area contributed by atoms with Crippen LogP contribution in [0, 0.1) is 0 Å². The first-order chi connectivity index (χ1) is 12.1. The number of nitrogens with one attached hydrogen (secondary N) is 1. The molecule has 132 valence electrons. The maximum absolute atomic E-state index is 11.8. The molecule has 0 saturated carbocycles. The highest BCUT2D eigenvalue weighted by Gasteiger charge is 2.17. The van der Waals surface area contributed by atoms with Crippen molar-refractivity contribution in [2.24, 2.45) is 5.73 Å². The SMILES string of the molecule is CCCC(NC(=O)OCc1cccc(Oc2ccccc2)c1)C(N)=O. The van der Waals surface area contributed by atoms with Crippen LogP contribution in [0.2, 0.25) is 0 Å². The van der Waals surface area contributed by atoms with Crippen LogP contribution in [-0.2, 0) is 16.1 Å². The lowest BCUT2D eigenvalue weighted by Crippen LogP contribution is -2.44. The van der Waals surface area contributed by atoms with Gasteiger partial charge in [0.15, 0.2) is 0 Å². The lowest BCUT2D eigenvalue weighted by molar-refractivity contribution is -0.120. The van der Waals surface area contributed by atoms with Crippen LogP contribution in [0.4, 0.5) is 4.79 Å². The molecule has 0 saturated heterocycles. The Kier molecular flexibility index (Phi) is 6.83. The Bertz CT molecular complexity index is 704. The van der Waals surface area contributed by atoms with E-state index in [9.17, 15) is 9.59 Å². The number of amides is 2. The van der Waals surface area contributed by atoms with E-state index in [4.69, 9.17) is 15.2 Å². The Balaban J connectivity index is 1.89. The van der Waals surface area contributed by atoms with Gasteiger partial charge in [0, 0.05) is 0 Å². The molecule has 2 amide bonds. The van der Waals surface area contributed by atoms with Crippen LogP contribution in [0.25, 0.3) is 0 Å². The molecule has 0 fully saturated rings. The van der Waals surface area contributed by atoms with Crippen LogP contribution in [0.15, 0.2) is 54.6 Å². The molecular formula is C19H22N2O4. The summed E-state index contributed by atoms with van der Waals surface area (Å²) in [5, 5.41) is 2.48. The lowest BCUT2D eigenvalue weighted by atomic mass is 10.1. The Hall–Kier alpha value is -3.02. The molecule has 0 aliphatic rings. The fourth-order valence-corrected chi connectivity index (χ4v) is 2.23. The van der Waals surface area contributed by atoms with Crippen LogP contribution in [0.3, 0.4) is 0 Å². The normalized spacial score (nSPS) is 11.4. The van der Waals surface area contributed by atoms with E-state index in [-0.39, 0.29) is 6.61 Å². The first kappa shape index (κ1) is 18.3. The van der Waals surface area contributed by atoms with Crippen molar-refractivity contribution in [2.45, 2.75) is 32.4 Å². The molecule has 25 heavy (non-hydrogen) atoms. The van der Waals surface area contributed by atoms with Crippen molar-refractivity contribution in [3.63, 3.8) is 0 Å². The van der Waals surface area contributed by atoms with Gasteiger partial charge in [0.1, 0.15) is 24.1 Å². The molecule has 2 rings (SSSR count). The summed E-state index contributed by atoms with van der Waals surface area (Å²) in [7, 11) is 0. The summed E-state index contributed by atoms with van der Waals surface area (Å²) < 4.78 is 10.9. The van der Waals surface area contributed by atoms with E-state index in [1.807, 2.05) is 55.5 Å². The van der Waals surface area contributed by atoms with E-state index in [2.05, 4.69) is 5.32 Å². The van der Waals surface area contributed by atoms with E-state index >= 15 is 0 Å². The topological polar surface area (TPSA) is 90.7 Å². The molecule has 1 atom stereocenters. The van der Waals surface area contributed by atoms with Crippen molar-refractivity contribution in [2.75, 3.05) is 0 Å². The van der Waals surface area contributed by atoms with Gasteiger partial charge in [0.05, 0.1) is 0 Å². The summed E-state index contributed by atoms with van der Waals surface area (Å²) in [6, 6.07) is 15.9. The molecule has 6 heteroatoms. The number of hydrogen-bond donors (Lipinski definition) is 2. The number of carbonyl (C=O) groups excluding carboxylic acids is 2. The first-order valence-electron chi connectivity index (χ1n) is 8.13. The van der Waals surface area contributed by atoms with Crippen molar-refractivity contribution in [3.8, 4) is 11.5 Å². The van der Waals surface area contributed by atoms with Crippen molar-refractivity contribution in [1.29, 1.82) is 0 Å². The Morgan fingerprint density at radius 3 is 2.48 bits per heavy atom. The maximum atomic E-state index is 11.8. The van der Waals surface area contributed by atoms with E-state index in [1.54, 1.807) is 6.07 Å². The van der Waals surface area contributed by atoms with Crippen molar-refractivity contribution < 1.29 is 19.1 Å². The van der Waals surface area contributed by atoms with Gasteiger partial charge in [0.2, 0.25) is 5.91 Å². The Labute approximate surface area is 146 Å². The van der Waals surface area contributed by atoms with Gasteiger partial charge >= 0.3 is 6.09 Å². The molecule has 2 aromatic rings. The zero-order valence-electron chi connectivity index (χ0n) is 14.1. The van der Waals surface area contributed by atoms with Crippen molar-refractivity contribution in [1.82, 2.24) is 5.32 Å². The number of rotatable bonds is 8. The van der Waals surface area contributed by atoms with Crippen LogP contribution in [0.5, 0.6) is 11.5 Å². The largest absolute Gasteiger partial charge is 0.457 e. The van der Waals surface area contributed by atoms with E-state index in [1.165, 1.54) is 0 Å². The van der Waals surface area contributed by atoms with Gasteiger partial charge in [-0.15, -0.1) is 0 Å². The fraction of sp³-hybridized carbons (Fsp3) is 0.263. The van der Waals surface area contributed by atoms with Crippen molar-refractivity contribution in [3.05, 3.63) is 60.2 Å². The average molecular weight is 342 g/mol. The van der Waals surface area contributed by atoms with Gasteiger partial charge in [-0.3, -0.25) is 4.79 Å². The zero-order chi connectivity index (χ0) is 18.1. The summed E-state index contributed by atoms with van der Waals surface area (Å²) in [5.74, 6) is 0.799. The first-order valence-corrected chi connectivity index (χ1v) is 8.13. The highest BCUT2D eigenvalue weighted by atomic mass is 16.5. The monoisotopic (exact) mass is 342 g/mol. The second kappa shape index (κ2) is 9.32. The number of para-hydroxylation sites is 1. The second-order valence-corrected chi connectivity index (χ2v) is 5.53. The molecule has 6 nitrogen and oxygen atoms in total. The number of benzene rings is 2. The number of carbonyl (C=O) groups is 2. The maximum Gasteiger partial charge on any atom is 0.408 e. The predicted molar refractivity (Wildman–Crippen MR) is 94.2 cm³/mol. The van der Waals surface area contributed by atoms with Crippen LogP contribution >= 0.6 is 0 Å². The van der Waals surface area contributed by atoms with Gasteiger partial charge in [-0.2, -0.15) is 0 Å². The third-order valence-electron chi connectivity index (χ3n) is 3.46. The van der Waals surface area contributed by atoms with E-state index in [0.717, 1.165) is 17.7 Å². The molecular weight excluding hydrogens is 320 g/mol. The molecule has 0 aliphatic carbocycles. The predicted octanol–water partition coefficient (Wildman–Crippen LogP) is 3.36. The summed E-state index contributed by atoms with van der Waals surface area (Å²) in [5.41, 5.74) is 6.02.